The first-order chi connectivity index (χ1) is 15.0. The predicted octanol–water partition coefficient (Wildman–Crippen LogP) is 4.32. The maximum Gasteiger partial charge on any atom is 0.291 e. The molecule has 3 amide bonds. The Morgan fingerprint density at radius 1 is 0.774 bits per heavy atom. The molecule has 1 aromatic heterocycles. The minimum absolute atomic E-state index is 0.0361. The molecule has 0 aliphatic rings. The number of hydrogen-bond acceptors (Lipinski definition) is 5. The fraction of sp³-hybridized carbons (Fsp3) is 0.174. The molecule has 0 fully saturated rings. The van der Waals surface area contributed by atoms with Gasteiger partial charge in [0, 0.05) is 29.2 Å². The summed E-state index contributed by atoms with van der Waals surface area (Å²) in [7, 11) is 0. The van der Waals surface area contributed by atoms with Gasteiger partial charge >= 0.3 is 0 Å². The molecule has 0 unspecified atom stereocenters. The largest absolute Gasteiger partial charge is 0.459 e. The highest BCUT2D eigenvalue weighted by Gasteiger charge is 2.09. The summed E-state index contributed by atoms with van der Waals surface area (Å²) in [6.07, 6.45) is 2.69. The fourth-order valence-electron chi connectivity index (χ4n) is 2.78. The van der Waals surface area contributed by atoms with Gasteiger partial charge in [-0.15, -0.1) is 0 Å². The smallest absolute Gasteiger partial charge is 0.291 e. The highest BCUT2D eigenvalue weighted by atomic mass is 16.3. The van der Waals surface area contributed by atoms with Gasteiger partial charge in [-0.3, -0.25) is 14.4 Å². The average Bonchev–Trinajstić information content (AvgIpc) is 3.29. The number of benzene rings is 2. The molecule has 0 saturated heterocycles. The van der Waals surface area contributed by atoms with Crippen molar-refractivity contribution in [3.05, 3.63) is 72.7 Å². The van der Waals surface area contributed by atoms with E-state index in [4.69, 9.17) is 4.42 Å². The summed E-state index contributed by atoms with van der Waals surface area (Å²) in [5.41, 5.74) is 2.57. The molecule has 1 heterocycles. The lowest BCUT2D eigenvalue weighted by Gasteiger charge is -2.10. The molecular formula is C23H24N4O4. The van der Waals surface area contributed by atoms with E-state index in [1.807, 2.05) is 6.92 Å². The topological polar surface area (TPSA) is 112 Å². The summed E-state index contributed by atoms with van der Waals surface area (Å²) in [6, 6.07) is 17.2. The van der Waals surface area contributed by atoms with Crippen LogP contribution in [-0.2, 0) is 9.59 Å². The first kappa shape index (κ1) is 21.6. The van der Waals surface area contributed by atoms with Gasteiger partial charge in [-0.2, -0.15) is 0 Å². The van der Waals surface area contributed by atoms with Crippen molar-refractivity contribution in [3.63, 3.8) is 0 Å². The Kier molecular flexibility index (Phi) is 7.42. The molecule has 0 spiro atoms. The van der Waals surface area contributed by atoms with E-state index in [2.05, 4.69) is 21.3 Å². The van der Waals surface area contributed by atoms with Crippen LogP contribution in [0.25, 0.3) is 0 Å². The van der Waals surface area contributed by atoms with Crippen LogP contribution < -0.4 is 21.3 Å². The maximum atomic E-state index is 12.2. The van der Waals surface area contributed by atoms with Crippen molar-refractivity contribution in [2.45, 2.75) is 19.8 Å². The van der Waals surface area contributed by atoms with Gasteiger partial charge in [0.25, 0.3) is 5.91 Å². The van der Waals surface area contributed by atoms with Gasteiger partial charge in [0.2, 0.25) is 11.8 Å². The molecule has 8 nitrogen and oxygen atoms in total. The summed E-state index contributed by atoms with van der Waals surface area (Å²) in [6.45, 7) is 1.99. The number of hydrogen-bond donors (Lipinski definition) is 4. The molecule has 3 aromatic rings. The van der Waals surface area contributed by atoms with Crippen molar-refractivity contribution >= 4 is 40.5 Å². The van der Waals surface area contributed by atoms with Crippen molar-refractivity contribution in [1.82, 2.24) is 0 Å². The third-order valence-electron chi connectivity index (χ3n) is 4.25. The second-order valence-corrected chi connectivity index (χ2v) is 6.79. The Morgan fingerprint density at radius 3 is 2.10 bits per heavy atom. The zero-order chi connectivity index (χ0) is 22.1. The monoisotopic (exact) mass is 420 g/mol. The van der Waals surface area contributed by atoms with Crippen LogP contribution in [0.2, 0.25) is 0 Å². The highest BCUT2D eigenvalue weighted by molar-refractivity contribution is 6.02. The second kappa shape index (κ2) is 10.6. The third-order valence-corrected chi connectivity index (χ3v) is 4.25. The molecule has 31 heavy (non-hydrogen) atoms. The van der Waals surface area contributed by atoms with E-state index in [1.165, 1.54) is 6.26 Å². The van der Waals surface area contributed by atoms with Gasteiger partial charge in [-0.25, -0.2) is 0 Å². The Labute approximate surface area is 180 Å². The van der Waals surface area contributed by atoms with Crippen LogP contribution >= 0.6 is 0 Å². The second-order valence-electron chi connectivity index (χ2n) is 6.79. The van der Waals surface area contributed by atoms with E-state index in [0.717, 1.165) is 6.42 Å². The standard InChI is InChI=1S/C23H24N4O4/c1-2-5-21(28)25-16-9-11-17(12-10-16)26-22(29)15-24-18-6-3-7-19(14-18)27-23(30)20-8-4-13-31-20/h3-4,6-14,24H,2,5,15H2,1H3,(H,25,28)(H,26,29)(H,27,30). The van der Waals surface area contributed by atoms with Crippen LogP contribution in [0, 0.1) is 0 Å². The van der Waals surface area contributed by atoms with Crippen LogP contribution in [0.15, 0.2) is 71.3 Å². The lowest BCUT2D eigenvalue weighted by Crippen LogP contribution is -2.21. The minimum Gasteiger partial charge on any atom is -0.459 e. The number of anilines is 4. The number of carbonyl (C=O) groups is 3. The Balaban J connectivity index is 1.48. The highest BCUT2D eigenvalue weighted by Crippen LogP contribution is 2.17. The molecule has 2 aromatic carbocycles. The van der Waals surface area contributed by atoms with Crippen LogP contribution in [-0.4, -0.2) is 24.3 Å². The fourth-order valence-corrected chi connectivity index (χ4v) is 2.78. The molecule has 0 radical (unpaired) electrons. The molecule has 160 valence electrons. The summed E-state index contributed by atoms with van der Waals surface area (Å²) >= 11 is 0. The van der Waals surface area contributed by atoms with Gasteiger partial charge in [0.05, 0.1) is 12.8 Å². The van der Waals surface area contributed by atoms with Crippen LogP contribution in [0.5, 0.6) is 0 Å². The van der Waals surface area contributed by atoms with Crippen molar-refractivity contribution < 1.29 is 18.8 Å². The lowest BCUT2D eigenvalue weighted by atomic mass is 10.2. The lowest BCUT2D eigenvalue weighted by molar-refractivity contribution is -0.116. The van der Waals surface area contributed by atoms with E-state index in [9.17, 15) is 14.4 Å². The molecule has 0 aliphatic heterocycles. The molecule has 0 aliphatic carbocycles. The van der Waals surface area contributed by atoms with Gasteiger partial charge in [-0.05, 0) is 61.0 Å². The normalized spacial score (nSPS) is 10.2. The van der Waals surface area contributed by atoms with E-state index in [-0.39, 0.29) is 30.0 Å². The number of rotatable bonds is 9. The summed E-state index contributed by atoms with van der Waals surface area (Å²) in [4.78, 5) is 35.9. The summed E-state index contributed by atoms with van der Waals surface area (Å²) < 4.78 is 5.07. The maximum absolute atomic E-state index is 12.2. The van der Waals surface area contributed by atoms with Gasteiger partial charge in [-0.1, -0.05) is 13.0 Å². The van der Waals surface area contributed by atoms with Crippen molar-refractivity contribution in [1.29, 1.82) is 0 Å². The molecule has 4 N–H and O–H groups in total. The van der Waals surface area contributed by atoms with E-state index in [1.54, 1.807) is 60.7 Å². The molecular weight excluding hydrogens is 396 g/mol. The van der Waals surface area contributed by atoms with Crippen molar-refractivity contribution in [3.8, 4) is 0 Å². The molecule has 0 saturated carbocycles. The molecule has 8 heteroatoms. The molecule has 3 rings (SSSR count). The molecule has 0 atom stereocenters. The van der Waals surface area contributed by atoms with Crippen molar-refractivity contribution in [2.24, 2.45) is 0 Å². The third kappa shape index (κ3) is 6.74. The van der Waals surface area contributed by atoms with E-state index < -0.39 is 0 Å². The quantitative estimate of drug-likeness (QED) is 0.412. The van der Waals surface area contributed by atoms with E-state index >= 15 is 0 Å². The van der Waals surface area contributed by atoms with Gasteiger partial charge < -0.3 is 25.7 Å². The summed E-state index contributed by atoms with van der Waals surface area (Å²) in [5.74, 6) is -0.401. The first-order valence-corrected chi connectivity index (χ1v) is 9.92. The SMILES string of the molecule is CCCC(=O)Nc1ccc(NC(=O)CNc2cccc(NC(=O)c3ccco3)c2)cc1. The zero-order valence-electron chi connectivity index (χ0n) is 17.1. The van der Waals surface area contributed by atoms with Crippen LogP contribution in [0.1, 0.15) is 30.3 Å². The Hall–Kier alpha value is -4.07. The van der Waals surface area contributed by atoms with Gasteiger partial charge in [0.15, 0.2) is 5.76 Å². The summed E-state index contributed by atoms with van der Waals surface area (Å²) in [5, 5.41) is 11.3. The average molecular weight is 420 g/mol. The predicted molar refractivity (Wildman–Crippen MR) is 120 cm³/mol. The molecule has 0 bridgehead atoms. The van der Waals surface area contributed by atoms with Gasteiger partial charge in [0.1, 0.15) is 0 Å². The number of carbonyl (C=O) groups excluding carboxylic acids is 3. The zero-order valence-corrected chi connectivity index (χ0v) is 17.1. The number of nitrogens with one attached hydrogen (secondary N) is 4. The first-order valence-electron chi connectivity index (χ1n) is 9.92. The van der Waals surface area contributed by atoms with Crippen molar-refractivity contribution in [2.75, 3.05) is 27.8 Å². The minimum atomic E-state index is -0.353. The number of furan rings is 1. The number of amides is 3. The Bertz CT molecular complexity index is 1030. The Morgan fingerprint density at radius 2 is 1.45 bits per heavy atom. The van der Waals surface area contributed by atoms with Crippen LogP contribution in [0.3, 0.4) is 0 Å². The van der Waals surface area contributed by atoms with E-state index in [0.29, 0.717) is 29.2 Å². The van der Waals surface area contributed by atoms with Crippen LogP contribution in [0.4, 0.5) is 22.7 Å².